The first-order chi connectivity index (χ1) is 10.1. The molecule has 2 aromatic carbocycles. The Morgan fingerprint density at radius 2 is 1.76 bits per heavy atom. The van der Waals surface area contributed by atoms with E-state index in [1.165, 1.54) is 0 Å². The molecule has 0 saturated heterocycles. The van der Waals surface area contributed by atoms with Gasteiger partial charge in [0.2, 0.25) is 0 Å². The molecule has 4 heteroatoms. The second-order valence-electron chi connectivity index (χ2n) is 4.98. The number of nitrogens with two attached hydrogens (primary N) is 1. The van der Waals surface area contributed by atoms with Crippen molar-refractivity contribution in [1.82, 2.24) is 4.98 Å². The van der Waals surface area contributed by atoms with E-state index in [1.54, 1.807) is 7.11 Å². The number of carbonyl (C=O) groups is 1. The molecule has 0 fully saturated rings. The molecule has 0 radical (unpaired) electrons. The minimum absolute atomic E-state index is 0.435. The molecule has 106 valence electrons. The van der Waals surface area contributed by atoms with E-state index in [1.807, 2.05) is 43.3 Å². The third kappa shape index (κ3) is 2.25. The number of benzene rings is 2. The van der Waals surface area contributed by atoms with Crippen LogP contribution in [0.25, 0.3) is 22.0 Å². The minimum Gasteiger partial charge on any atom is -0.497 e. The summed E-state index contributed by atoms with van der Waals surface area (Å²) in [5, 5.41) is 1.01. The molecule has 4 nitrogen and oxygen atoms in total. The lowest BCUT2D eigenvalue weighted by molar-refractivity contribution is 0.0996. The minimum atomic E-state index is -0.435. The van der Waals surface area contributed by atoms with Crippen LogP contribution in [0.2, 0.25) is 0 Å². The molecule has 0 aliphatic heterocycles. The fourth-order valence-corrected chi connectivity index (χ4v) is 2.54. The van der Waals surface area contributed by atoms with E-state index in [0.717, 1.165) is 33.3 Å². The van der Waals surface area contributed by atoms with Crippen LogP contribution < -0.4 is 10.5 Å². The number of amides is 1. The van der Waals surface area contributed by atoms with Gasteiger partial charge in [0, 0.05) is 10.9 Å². The van der Waals surface area contributed by atoms with Crippen LogP contribution in [0.3, 0.4) is 0 Å². The van der Waals surface area contributed by atoms with Gasteiger partial charge in [-0.3, -0.25) is 4.79 Å². The smallest absolute Gasteiger partial charge is 0.265 e. The highest BCUT2D eigenvalue weighted by Crippen LogP contribution is 2.28. The van der Waals surface area contributed by atoms with Crippen molar-refractivity contribution < 1.29 is 9.53 Å². The molecule has 3 N–H and O–H groups in total. The molecule has 21 heavy (non-hydrogen) atoms. The van der Waals surface area contributed by atoms with Gasteiger partial charge in [0.25, 0.3) is 5.91 Å². The van der Waals surface area contributed by atoms with Crippen LogP contribution in [-0.2, 0) is 0 Å². The van der Waals surface area contributed by atoms with Crippen LogP contribution in [-0.4, -0.2) is 18.0 Å². The van der Waals surface area contributed by atoms with E-state index < -0.39 is 5.91 Å². The fourth-order valence-electron chi connectivity index (χ4n) is 2.54. The number of hydrogen-bond acceptors (Lipinski definition) is 2. The van der Waals surface area contributed by atoms with Gasteiger partial charge in [-0.25, -0.2) is 0 Å². The Morgan fingerprint density at radius 1 is 1.10 bits per heavy atom. The molecule has 0 bridgehead atoms. The number of primary amides is 1. The Labute approximate surface area is 122 Å². The molecular weight excluding hydrogens is 264 g/mol. The van der Waals surface area contributed by atoms with Gasteiger partial charge in [-0.05, 0) is 47.9 Å². The van der Waals surface area contributed by atoms with Crippen LogP contribution >= 0.6 is 0 Å². The lowest BCUT2D eigenvalue weighted by atomic mass is 10.0. The normalized spacial score (nSPS) is 10.8. The van der Waals surface area contributed by atoms with Gasteiger partial charge in [-0.15, -0.1) is 0 Å². The molecule has 1 heterocycles. The molecule has 0 aliphatic rings. The van der Waals surface area contributed by atoms with Crippen molar-refractivity contribution in [1.29, 1.82) is 0 Å². The molecule has 0 unspecified atom stereocenters. The molecule has 1 amide bonds. The predicted octanol–water partition coefficient (Wildman–Crippen LogP) is 3.25. The molecule has 0 saturated carbocycles. The molecule has 1 aromatic heterocycles. The zero-order valence-corrected chi connectivity index (χ0v) is 11.9. The van der Waals surface area contributed by atoms with E-state index in [-0.39, 0.29) is 0 Å². The predicted molar refractivity (Wildman–Crippen MR) is 83.5 cm³/mol. The van der Waals surface area contributed by atoms with E-state index >= 15 is 0 Å². The first-order valence-electron chi connectivity index (χ1n) is 6.66. The number of H-pyrrole nitrogens is 1. The number of aryl methyl sites for hydroxylation is 1. The average Bonchev–Trinajstić information content (AvgIpc) is 2.84. The standard InChI is InChI=1S/C17H16N2O2/c1-10-14-9-12(11-3-6-13(21-2)7-4-11)5-8-15(14)19-16(10)17(18)20/h3-9,19H,1-2H3,(H2,18,20). The molecule has 3 aromatic rings. The van der Waals surface area contributed by atoms with Crippen LogP contribution in [0, 0.1) is 6.92 Å². The Morgan fingerprint density at radius 3 is 2.38 bits per heavy atom. The fraction of sp³-hybridized carbons (Fsp3) is 0.118. The van der Waals surface area contributed by atoms with Gasteiger partial charge in [-0.1, -0.05) is 18.2 Å². The van der Waals surface area contributed by atoms with Crippen LogP contribution in [0.4, 0.5) is 0 Å². The number of fused-ring (bicyclic) bond motifs is 1. The first-order valence-corrected chi connectivity index (χ1v) is 6.66. The second kappa shape index (κ2) is 4.98. The van der Waals surface area contributed by atoms with Gasteiger partial charge in [0.05, 0.1) is 7.11 Å². The van der Waals surface area contributed by atoms with E-state index in [4.69, 9.17) is 10.5 Å². The maximum atomic E-state index is 11.4. The van der Waals surface area contributed by atoms with Gasteiger partial charge in [0.15, 0.2) is 0 Å². The SMILES string of the molecule is COc1ccc(-c2ccc3[nH]c(C(N)=O)c(C)c3c2)cc1. The topological polar surface area (TPSA) is 68.1 Å². The van der Waals surface area contributed by atoms with Crippen LogP contribution in [0.5, 0.6) is 5.75 Å². The summed E-state index contributed by atoms with van der Waals surface area (Å²) in [6.07, 6.45) is 0. The van der Waals surface area contributed by atoms with Gasteiger partial charge < -0.3 is 15.5 Å². The van der Waals surface area contributed by atoms with E-state index in [9.17, 15) is 4.79 Å². The number of ether oxygens (including phenoxy) is 1. The van der Waals surface area contributed by atoms with Crippen LogP contribution in [0.1, 0.15) is 16.1 Å². The van der Waals surface area contributed by atoms with Crippen molar-refractivity contribution in [3.05, 3.63) is 53.7 Å². The Kier molecular flexibility index (Phi) is 3.14. The van der Waals surface area contributed by atoms with Crippen molar-refractivity contribution in [3.8, 4) is 16.9 Å². The Bertz CT molecular complexity index is 817. The third-order valence-electron chi connectivity index (χ3n) is 3.73. The van der Waals surface area contributed by atoms with Gasteiger partial charge in [0.1, 0.15) is 11.4 Å². The zero-order valence-electron chi connectivity index (χ0n) is 11.9. The number of aromatic amines is 1. The Balaban J connectivity index is 2.11. The number of aromatic nitrogens is 1. The van der Waals surface area contributed by atoms with Crippen molar-refractivity contribution in [2.75, 3.05) is 7.11 Å². The number of hydrogen-bond donors (Lipinski definition) is 2. The van der Waals surface area contributed by atoms with Crippen LogP contribution in [0.15, 0.2) is 42.5 Å². The zero-order chi connectivity index (χ0) is 15.0. The molecular formula is C17H16N2O2. The number of rotatable bonds is 3. The summed E-state index contributed by atoms with van der Waals surface area (Å²) in [6.45, 7) is 1.90. The quantitative estimate of drug-likeness (QED) is 0.773. The largest absolute Gasteiger partial charge is 0.497 e. The molecule has 0 aliphatic carbocycles. The van der Waals surface area contributed by atoms with Crippen molar-refractivity contribution in [2.45, 2.75) is 6.92 Å². The van der Waals surface area contributed by atoms with E-state index in [0.29, 0.717) is 5.69 Å². The maximum absolute atomic E-state index is 11.4. The highest BCUT2D eigenvalue weighted by molar-refractivity contribution is 6.01. The second-order valence-corrected chi connectivity index (χ2v) is 4.98. The molecule has 0 spiro atoms. The highest BCUT2D eigenvalue weighted by Gasteiger charge is 2.12. The van der Waals surface area contributed by atoms with Crippen molar-refractivity contribution in [3.63, 3.8) is 0 Å². The summed E-state index contributed by atoms with van der Waals surface area (Å²) in [7, 11) is 1.65. The molecule has 3 rings (SSSR count). The molecule has 0 atom stereocenters. The summed E-state index contributed by atoms with van der Waals surface area (Å²) in [6, 6.07) is 13.9. The lowest BCUT2D eigenvalue weighted by Crippen LogP contribution is -2.12. The average molecular weight is 280 g/mol. The summed E-state index contributed by atoms with van der Waals surface area (Å²) in [4.78, 5) is 14.5. The van der Waals surface area contributed by atoms with Crippen molar-refractivity contribution in [2.24, 2.45) is 5.73 Å². The lowest BCUT2D eigenvalue weighted by Gasteiger charge is -2.04. The number of nitrogens with one attached hydrogen (secondary N) is 1. The summed E-state index contributed by atoms with van der Waals surface area (Å²) < 4.78 is 5.17. The van der Waals surface area contributed by atoms with E-state index in [2.05, 4.69) is 11.1 Å². The summed E-state index contributed by atoms with van der Waals surface area (Å²) in [5.41, 5.74) is 9.83. The monoisotopic (exact) mass is 280 g/mol. The number of carbonyl (C=O) groups excluding carboxylic acids is 1. The first kappa shape index (κ1) is 13.2. The highest BCUT2D eigenvalue weighted by atomic mass is 16.5. The maximum Gasteiger partial charge on any atom is 0.265 e. The van der Waals surface area contributed by atoms with Crippen molar-refractivity contribution >= 4 is 16.8 Å². The van der Waals surface area contributed by atoms with Gasteiger partial charge >= 0.3 is 0 Å². The third-order valence-corrected chi connectivity index (χ3v) is 3.73. The van der Waals surface area contributed by atoms with Gasteiger partial charge in [-0.2, -0.15) is 0 Å². The summed E-state index contributed by atoms with van der Waals surface area (Å²) >= 11 is 0. The number of methoxy groups -OCH3 is 1. The summed E-state index contributed by atoms with van der Waals surface area (Å²) in [5.74, 6) is 0.392. The Hall–Kier alpha value is -2.75.